The fourth-order valence-electron chi connectivity index (χ4n) is 5.58. The molecule has 2 bridgehead atoms. The number of aryl methyl sites for hydroxylation is 1. The average Bonchev–Trinajstić information content (AvgIpc) is 3.19. The molecule has 1 aromatic rings. The molecule has 132 valence electrons. The van der Waals surface area contributed by atoms with Crippen molar-refractivity contribution in [1.29, 1.82) is 0 Å². The third-order valence-corrected chi connectivity index (χ3v) is 6.98. The molecule has 4 aliphatic rings. The number of nitrogens with zero attached hydrogens (tertiary/aromatic N) is 1. The van der Waals surface area contributed by atoms with Crippen molar-refractivity contribution in [3.8, 4) is 0 Å². The molecular weight excluding hydrogens is 318 g/mol. The van der Waals surface area contributed by atoms with Gasteiger partial charge in [-0.25, -0.2) is 4.79 Å². The van der Waals surface area contributed by atoms with Gasteiger partial charge in [0.05, 0.1) is 5.57 Å². The number of esters is 1. The lowest BCUT2D eigenvalue weighted by Gasteiger charge is -2.48. The van der Waals surface area contributed by atoms with E-state index in [4.69, 9.17) is 14.2 Å². The summed E-state index contributed by atoms with van der Waals surface area (Å²) in [7, 11) is 1.70. The van der Waals surface area contributed by atoms with Crippen molar-refractivity contribution < 1.29 is 19.0 Å². The number of ether oxygens (including phenoxy) is 3. The minimum atomic E-state index is -0.631. The van der Waals surface area contributed by atoms with Gasteiger partial charge >= 0.3 is 5.97 Å². The van der Waals surface area contributed by atoms with Crippen molar-refractivity contribution in [1.82, 2.24) is 4.98 Å². The second-order valence-corrected chi connectivity index (χ2v) is 7.99. The fraction of sp³-hybridized carbons (Fsp3) is 0.600. The summed E-state index contributed by atoms with van der Waals surface area (Å²) < 4.78 is 18.4. The molecule has 3 fully saturated rings. The predicted molar refractivity (Wildman–Crippen MR) is 89.8 cm³/mol. The van der Waals surface area contributed by atoms with E-state index in [-0.39, 0.29) is 12.1 Å². The Bertz CT molecular complexity index is 762. The summed E-state index contributed by atoms with van der Waals surface area (Å²) >= 11 is 0. The smallest absolute Gasteiger partial charge is 0.337 e. The van der Waals surface area contributed by atoms with Crippen LogP contribution in [0.5, 0.6) is 0 Å². The van der Waals surface area contributed by atoms with Crippen molar-refractivity contribution in [3.63, 3.8) is 0 Å². The SMILES string of the molecule is CO[C@]1(C)C=C2C(=O)O[C@@H]3CCC4CC1(CCc1cccnc1)O[C@]243. The highest BCUT2D eigenvalue weighted by molar-refractivity contribution is 5.95. The zero-order valence-electron chi connectivity index (χ0n) is 14.7. The molecule has 2 unspecified atom stereocenters. The molecule has 2 saturated heterocycles. The summed E-state index contributed by atoms with van der Waals surface area (Å²) in [6.07, 6.45) is 10.1. The largest absolute Gasteiger partial charge is 0.455 e. The Labute approximate surface area is 147 Å². The number of hydrogen-bond acceptors (Lipinski definition) is 5. The van der Waals surface area contributed by atoms with Gasteiger partial charge in [0.25, 0.3) is 0 Å². The zero-order valence-corrected chi connectivity index (χ0v) is 14.7. The van der Waals surface area contributed by atoms with Gasteiger partial charge in [0.1, 0.15) is 22.9 Å². The first-order valence-electron chi connectivity index (χ1n) is 9.12. The Balaban J connectivity index is 1.56. The van der Waals surface area contributed by atoms with Crippen molar-refractivity contribution in [2.24, 2.45) is 5.92 Å². The Kier molecular flexibility index (Phi) is 3.06. The summed E-state index contributed by atoms with van der Waals surface area (Å²) in [4.78, 5) is 16.6. The lowest BCUT2D eigenvalue weighted by Crippen LogP contribution is -2.58. The number of pyridine rings is 1. The molecule has 1 saturated carbocycles. The molecule has 4 heterocycles. The molecule has 0 radical (unpaired) electrons. The molecule has 1 aliphatic carbocycles. The van der Waals surface area contributed by atoms with E-state index < -0.39 is 16.8 Å². The van der Waals surface area contributed by atoms with Crippen LogP contribution in [0.1, 0.15) is 38.2 Å². The maximum Gasteiger partial charge on any atom is 0.337 e. The highest BCUT2D eigenvalue weighted by Gasteiger charge is 2.75. The first kappa shape index (κ1) is 15.5. The van der Waals surface area contributed by atoms with E-state index in [2.05, 4.69) is 11.1 Å². The molecule has 5 atom stereocenters. The molecular formula is C20H23NO4. The van der Waals surface area contributed by atoms with E-state index in [9.17, 15) is 4.79 Å². The van der Waals surface area contributed by atoms with Crippen LogP contribution in [-0.2, 0) is 25.4 Å². The second-order valence-electron chi connectivity index (χ2n) is 7.99. The van der Waals surface area contributed by atoms with E-state index in [0.29, 0.717) is 11.5 Å². The average molecular weight is 341 g/mol. The van der Waals surface area contributed by atoms with Crippen LogP contribution in [0.25, 0.3) is 0 Å². The molecule has 5 heteroatoms. The monoisotopic (exact) mass is 341 g/mol. The highest BCUT2D eigenvalue weighted by Crippen LogP contribution is 2.65. The van der Waals surface area contributed by atoms with Crippen LogP contribution in [0.15, 0.2) is 36.2 Å². The molecule has 0 N–H and O–H groups in total. The molecule has 0 amide bonds. The van der Waals surface area contributed by atoms with Gasteiger partial charge in [-0.2, -0.15) is 0 Å². The van der Waals surface area contributed by atoms with Gasteiger partial charge in [-0.3, -0.25) is 4.98 Å². The minimum Gasteiger partial charge on any atom is -0.455 e. The number of aromatic nitrogens is 1. The first-order chi connectivity index (χ1) is 12.0. The van der Waals surface area contributed by atoms with Crippen molar-refractivity contribution in [2.75, 3.05) is 7.11 Å². The summed E-state index contributed by atoms with van der Waals surface area (Å²) in [6.45, 7) is 2.04. The number of fused-ring (bicyclic) bond motifs is 1. The number of carbonyl (C=O) groups excluding carboxylic acids is 1. The summed E-state index contributed by atoms with van der Waals surface area (Å²) in [5.41, 5.74) is 0.286. The van der Waals surface area contributed by atoms with E-state index in [1.807, 2.05) is 25.3 Å². The maximum absolute atomic E-state index is 12.4. The Morgan fingerprint density at radius 1 is 1.40 bits per heavy atom. The third kappa shape index (κ3) is 1.80. The fourth-order valence-corrected chi connectivity index (χ4v) is 5.58. The molecule has 5 rings (SSSR count). The van der Waals surface area contributed by atoms with Crippen molar-refractivity contribution in [2.45, 2.75) is 61.9 Å². The van der Waals surface area contributed by atoms with Crippen LogP contribution >= 0.6 is 0 Å². The van der Waals surface area contributed by atoms with Crippen molar-refractivity contribution >= 4 is 5.97 Å². The summed E-state index contributed by atoms with van der Waals surface area (Å²) in [6, 6.07) is 4.06. The molecule has 1 aromatic heterocycles. The molecule has 25 heavy (non-hydrogen) atoms. The number of methoxy groups -OCH3 is 1. The van der Waals surface area contributed by atoms with Crippen molar-refractivity contribution in [3.05, 3.63) is 41.7 Å². The van der Waals surface area contributed by atoms with Gasteiger partial charge in [-0.1, -0.05) is 6.07 Å². The topological polar surface area (TPSA) is 57.7 Å². The Morgan fingerprint density at radius 2 is 2.28 bits per heavy atom. The van der Waals surface area contributed by atoms with E-state index >= 15 is 0 Å². The standard InChI is InChI=1S/C20H23NO4/c1-18(23-2)11-15-17(22)24-16-6-5-14-10-19(18,25-20(14,15)16)8-7-13-4-3-9-21-12-13/h3-4,9,11-12,14,16H,5-8,10H2,1-2H3/t14?,16-,18-,19?,20+/m1/s1. The van der Waals surface area contributed by atoms with Crippen LogP contribution in [-0.4, -0.2) is 41.0 Å². The quantitative estimate of drug-likeness (QED) is 0.788. The third-order valence-electron chi connectivity index (χ3n) is 6.98. The van der Waals surface area contributed by atoms with Crippen LogP contribution < -0.4 is 0 Å². The molecule has 0 aromatic carbocycles. The first-order valence-corrected chi connectivity index (χ1v) is 9.12. The highest BCUT2D eigenvalue weighted by atomic mass is 16.6. The van der Waals surface area contributed by atoms with Gasteiger partial charge in [0, 0.05) is 19.5 Å². The lowest BCUT2D eigenvalue weighted by atomic mass is 9.76. The van der Waals surface area contributed by atoms with Gasteiger partial charge in [0.2, 0.25) is 0 Å². The normalized spacial score (nSPS) is 43.8. The molecule has 5 nitrogen and oxygen atoms in total. The predicted octanol–water partition coefficient (Wildman–Crippen LogP) is 2.59. The number of rotatable bonds is 4. The summed E-state index contributed by atoms with van der Waals surface area (Å²) in [5.74, 6) is 0.113. The maximum atomic E-state index is 12.4. The minimum absolute atomic E-state index is 0.127. The van der Waals surface area contributed by atoms with Gasteiger partial charge in [-0.15, -0.1) is 0 Å². The number of hydrogen-bond donors (Lipinski definition) is 0. The van der Waals surface area contributed by atoms with E-state index in [1.54, 1.807) is 13.3 Å². The van der Waals surface area contributed by atoms with Gasteiger partial charge in [0.15, 0.2) is 0 Å². The van der Waals surface area contributed by atoms with Crippen LogP contribution in [0.2, 0.25) is 0 Å². The van der Waals surface area contributed by atoms with Gasteiger partial charge in [-0.05, 0) is 62.7 Å². The molecule has 3 aliphatic heterocycles. The van der Waals surface area contributed by atoms with Gasteiger partial charge < -0.3 is 14.2 Å². The zero-order chi connectivity index (χ0) is 17.3. The van der Waals surface area contributed by atoms with E-state index in [0.717, 1.165) is 32.1 Å². The van der Waals surface area contributed by atoms with Crippen LogP contribution in [0, 0.1) is 5.92 Å². The van der Waals surface area contributed by atoms with Crippen LogP contribution in [0.3, 0.4) is 0 Å². The number of carbonyl (C=O) groups is 1. The second kappa shape index (κ2) is 4.92. The lowest BCUT2D eigenvalue weighted by molar-refractivity contribution is -0.205. The Hall–Kier alpha value is -1.72. The molecule has 1 spiro atoms. The van der Waals surface area contributed by atoms with Crippen LogP contribution in [0.4, 0.5) is 0 Å². The van der Waals surface area contributed by atoms with E-state index in [1.165, 1.54) is 5.56 Å². The summed E-state index contributed by atoms with van der Waals surface area (Å²) in [5, 5.41) is 0. The Morgan fingerprint density at radius 3 is 3.04 bits per heavy atom.